The smallest absolute Gasteiger partial charge is 0.242 e. The second-order valence-corrected chi connectivity index (χ2v) is 9.43. The van der Waals surface area contributed by atoms with E-state index in [1.165, 1.54) is 42.5 Å². The van der Waals surface area contributed by atoms with Crippen molar-refractivity contribution in [3.05, 3.63) is 29.8 Å². The highest BCUT2D eigenvalue weighted by Gasteiger charge is 2.22. The SMILES string of the molecule is CC(=O)c1ccc(S(=O)(=O)N(C)CCCC(=O)NNC(=O)C2CCCCC2)cc1. The Hall–Kier alpha value is -2.26. The van der Waals surface area contributed by atoms with E-state index in [1.54, 1.807) is 0 Å². The van der Waals surface area contributed by atoms with Crippen LogP contribution in [0.25, 0.3) is 0 Å². The molecule has 0 unspecified atom stereocenters. The number of hydrogen-bond donors (Lipinski definition) is 2. The van der Waals surface area contributed by atoms with E-state index in [2.05, 4.69) is 10.9 Å². The standard InChI is InChI=1S/C20H29N3O5S/c1-15(24)16-10-12-18(13-11-16)29(27,28)23(2)14-6-9-19(25)21-22-20(26)17-7-4-3-5-8-17/h10-13,17H,3-9,14H2,1-2H3,(H,21,25)(H,22,26). The van der Waals surface area contributed by atoms with E-state index in [-0.39, 0.29) is 41.4 Å². The van der Waals surface area contributed by atoms with Gasteiger partial charge in [-0.15, -0.1) is 0 Å². The minimum atomic E-state index is -3.70. The summed E-state index contributed by atoms with van der Waals surface area (Å²) in [5, 5.41) is 0. The van der Waals surface area contributed by atoms with Gasteiger partial charge in [-0.25, -0.2) is 12.7 Å². The van der Waals surface area contributed by atoms with Gasteiger partial charge in [0.2, 0.25) is 21.8 Å². The highest BCUT2D eigenvalue weighted by molar-refractivity contribution is 7.89. The minimum absolute atomic E-state index is 0.0466. The molecule has 2 N–H and O–H groups in total. The molecule has 1 fully saturated rings. The summed E-state index contributed by atoms with van der Waals surface area (Å²) in [4.78, 5) is 35.3. The maximum Gasteiger partial charge on any atom is 0.242 e. The molecular formula is C20H29N3O5S. The molecule has 0 radical (unpaired) electrons. The summed E-state index contributed by atoms with van der Waals surface area (Å²) in [7, 11) is -2.26. The first-order valence-electron chi connectivity index (χ1n) is 9.88. The van der Waals surface area contributed by atoms with Crippen LogP contribution < -0.4 is 10.9 Å². The van der Waals surface area contributed by atoms with Crippen LogP contribution in [0.2, 0.25) is 0 Å². The van der Waals surface area contributed by atoms with Gasteiger partial charge in [0.1, 0.15) is 0 Å². The van der Waals surface area contributed by atoms with Gasteiger partial charge in [0, 0.05) is 31.5 Å². The van der Waals surface area contributed by atoms with Crippen molar-refractivity contribution in [3.63, 3.8) is 0 Å². The number of carbonyl (C=O) groups excluding carboxylic acids is 3. The topological polar surface area (TPSA) is 113 Å². The van der Waals surface area contributed by atoms with Gasteiger partial charge < -0.3 is 0 Å². The van der Waals surface area contributed by atoms with Crippen LogP contribution in [-0.2, 0) is 19.6 Å². The van der Waals surface area contributed by atoms with Crippen molar-refractivity contribution in [1.29, 1.82) is 0 Å². The van der Waals surface area contributed by atoms with Crippen molar-refractivity contribution < 1.29 is 22.8 Å². The van der Waals surface area contributed by atoms with Crippen molar-refractivity contribution in [3.8, 4) is 0 Å². The van der Waals surface area contributed by atoms with E-state index in [0.29, 0.717) is 12.0 Å². The molecule has 0 bridgehead atoms. The average molecular weight is 424 g/mol. The minimum Gasteiger partial charge on any atom is -0.295 e. The molecule has 0 saturated heterocycles. The number of Topliss-reactive ketones (excluding diaryl/α,β-unsaturated/α-hetero) is 1. The Labute approximate surface area is 172 Å². The Morgan fingerprint density at radius 2 is 1.66 bits per heavy atom. The summed E-state index contributed by atoms with van der Waals surface area (Å²) >= 11 is 0. The third-order valence-corrected chi connectivity index (χ3v) is 7.02. The molecular weight excluding hydrogens is 394 g/mol. The van der Waals surface area contributed by atoms with Gasteiger partial charge in [-0.1, -0.05) is 31.4 Å². The summed E-state index contributed by atoms with van der Waals surface area (Å²) in [6.07, 6.45) is 5.30. The van der Waals surface area contributed by atoms with Crippen molar-refractivity contribution >= 4 is 27.6 Å². The molecule has 0 aromatic heterocycles. The second-order valence-electron chi connectivity index (χ2n) is 7.38. The maximum absolute atomic E-state index is 12.6. The molecule has 0 heterocycles. The normalized spacial score (nSPS) is 15.1. The molecule has 0 atom stereocenters. The Morgan fingerprint density at radius 3 is 2.24 bits per heavy atom. The number of ketones is 1. The zero-order valence-electron chi connectivity index (χ0n) is 16.9. The molecule has 1 saturated carbocycles. The summed E-state index contributed by atoms with van der Waals surface area (Å²) in [6, 6.07) is 5.75. The molecule has 9 heteroatoms. The lowest BCUT2D eigenvalue weighted by molar-refractivity contribution is -0.131. The number of rotatable bonds is 8. The Kier molecular flexibility index (Phi) is 8.33. The lowest BCUT2D eigenvalue weighted by Gasteiger charge is -2.21. The Balaban J connectivity index is 1.76. The number of benzene rings is 1. The molecule has 1 aliphatic rings. The molecule has 1 aromatic carbocycles. The molecule has 29 heavy (non-hydrogen) atoms. The van der Waals surface area contributed by atoms with Crippen LogP contribution in [0.5, 0.6) is 0 Å². The van der Waals surface area contributed by atoms with Gasteiger partial charge >= 0.3 is 0 Å². The van der Waals surface area contributed by atoms with E-state index in [1.807, 2.05) is 0 Å². The number of carbonyl (C=O) groups is 3. The van der Waals surface area contributed by atoms with Crippen LogP contribution in [0.15, 0.2) is 29.2 Å². The monoisotopic (exact) mass is 423 g/mol. The molecule has 1 aliphatic carbocycles. The van der Waals surface area contributed by atoms with Crippen LogP contribution in [0, 0.1) is 5.92 Å². The van der Waals surface area contributed by atoms with Gasteiger partial charge in [0.15, 0.2) is 5.78 Å². The van der Waals surface area contributed by atoms with Gasteiger partial charge in [-0.3, -0.25) is 25.2 Å². The summed E-state index contributed by atoms with van der Waals surface area (Å²) in [5.74, 6) is -0.698. The van der Waals surface area contributed by atoms with Gasteiger partial charge in [-0.2, -0.15) is 0 Å². The molecule has 2 rings (SSSR count). The molecule has 0 aliphatic heterocycles. The molecule has 2 amide bonds. The molecule has 8 nitrogen and oxygen atoms in total. The quantitative estimate of drug-likeness (QED) is 0.491. The van der Waals surface area contributed by atoms with Gasteiger partial charge in [-0.05, 0) is 38.3 Å². The first kappa shape index (κ1) is 23.0. The fourth-order valence-electron chi connectivity index (χ4n) is 3.28. The number of nitrogens with zero attached hydrogens (tertiary/aromatic N) is 1. The fourth-order valence-corrected chi connectivity index (χ4v) is 4.49. The largest absolute Gasteiger partial charge is 0.295 e. The van der Waals surface area contributed by atoms with E-state index in [9.17, 15) is 22.8 Å². The van der Waals surface area contributed by atoms with Gasteiger partial charge in [0.25, 0.3) is 0 Å². The first-order valence-corrected chi connectivity index (χ1v) is 11.3. The van der Waals surface area contributed by atoms with Gasteiger partial charge in [0.05, 0.1) is 4.90 Å². The summed E-state index contributed by atoms with van der Waals surface area (Å²) < 4.78 is 26.3. The Morgan fingerprint density at radius 1 is 1.03 bits per heavy atom. The molecule has 160 valence electrons. The molecule has 0 spiro atoms. The third kappa shape index (κ3) is 6.64. The van der Waals surface area contributed by atoms with Crippen molar-refractivity contribution in [1.82, 2.24) is 15.2 Å². The van der Waals surface area contributed by atoms with Crippen molar-refractivity contribution in [2.24, 2.45) is 5.92 Å². The van der Waals surface area contributed by atoms with E-state index >= 15 is 0 Å². The number of nitrogens with one attached hydrogen (secondary N) is 2. The zero-order chi connectivity index (χ0) is 21.4. The van der Waals surface area contributed by atoms with Crippen LogP contribution in [0.1, 0.15) is 62.2 Å². The maximum atomic E-state index is 12.6. The van der Waals surface area contributed by atoms with Crippen LogP contribution in [-0.4, -0.2) is 43.9 Å². The Bertz CT molecular complexity index is 830. The zero-order valence-corrected chi connectivity index (χ0v) is 17.8. The number of sulfonamides is 1. The predicted octanol–water partition coefficient (Wildman–Crippen LogP) is 2.02. The highest BCUT2D eigenvalue weighted by Crippen LogP contribution is 2.23. The van der Waals surface area contributed by atoms with E-state index in [4.69, 9.17) is 0 Å². The first-order chi connectivity index (χ1) is 13.7. The predicted molar refractivity (Wildman–Crippen MR) is 108 cm³/mol. The second kappa shape index (κ2) is 10.5. The highest BCUT2D eigenvalue weighted by atomic mass is 32.2. The summed E-state index contributed by atoms with van der Waals surface area (Å²) in [5.41, 5.74) is 5.31. The van der Waals surface area contributed by atoms with Crippen LogP contribution in [0.3, 0.4) is 0 Å². The lowest BCUT2D eigenvalue weighted by atomic mass is 9.89. The number of amides is 2. The number of hydrazine groups is 1. The average Bonchev–Trinajstić information content (AvgIpc) is 2.72. The fraction of sp³-hybridized carbons (Fsp3) is 0.550. The van der Waals surface area contributed by atoms with Crippen LogP contribution in [0.4, 0.5) is 0 Å². The van der Waals surface area contributed by atoms with Crippen molar-refractivity contribution in [2.75, 3.05) is 13.6 Å². The van der Waals surface area contributed by atoms with E-state index in [0.717, 1.165) is 32.1 Å². The lowest BCUT2D eigenvalue weighted by Crippen LogP contribution is -2.45. The third-order valence-electron chi connectivity index (χ3n) is 5.15. The van der Waals surface area contributed by atoms with Crippen LogP contribution >= 0.6 is 0 Å². The summed E-state index contributed by atoms with van der Waals surface area (Å²) in [6.45, 7) is 1.57. The van der Waals surface area contributed by atoms with Crippen molar-refractivity contribution in [2.45, 2.75) is 56.8 Å². The number of hydrogen-bond acceptors (Lipinski definition) is 5. The molecule has 1 aromatic rings. The van der Waals surface area contributed by atoms with E-state index < -0.39 is 10.0 Å².